The van der Waals surface area contributed by atoms with Crippen LogP contribution in [0.2, 0.25) is 0 Å². The molecule has 212 valence electrons. The van der Waals surface area contributed by atoms with Crippen molar-refractivity contribution < 1.29 is 14.5 Å². The Morgan fingerprint density at radius 1 is 1.18 bits per heavy atom. The summed E-state index contributed by atoms with van der Waals surface area (Å²) in [5.74, 6) is -0.195. The molecule has 1 amide bonds. The number of fused-ring (bicyclic) bond motifs is 1. The number of aromatic nitrogens is 1. The molecule has 0 aliphatic carbocycles. The van der Waals surface area contributed by atoms with Gasteiger partial charge in [-0.25, -0.2) is 4.98 Å². The molecule has 0 bridgehead atoms. The quantitative estimate of drug-likeness (QED) is 0.334. The Labute approximate surface area is 248 Å². The van der Waals surface area contributed by atoms with Crippen molar-refractivity contribution in [3.8, 4) is 11.3 Å². The van der Waals surface area contributed by atoms with Gasteiger partial charge in [0.2, 0.25) is 0 Å². The summed E-state index contributed by atoms with van der Waals surface area (Å²) < 4.78 is 16.0. The van der Waals surface area contributed by atoms with Gasteiger partial charge in [-0.05, 0) is 62.9 Å². The first-order chi connectivity index (χ1) is 19.1. The van der Waals surface area contributed by atoms with E-state index in [1.165, 1.54) is 5.56 Å². The van der Waals surface area contributed by atoms with Gasteiger partial charge >= 0.3 is 0 Å². The highest BCUT2D eigenvalue weighted by molar-refractivity contribution is 9.10. The molecule has 1 aromatic heterocycles. The molecule has 0 radical (unpaired) electrons. The van der Waals surface area contributed by atoms with Crippen LogP contribution < -0.4 is 5.32 Å². The standard InChI is InChI=1S/C31H37BrN4O3S/c1-31(2,3)40(39)36-19-23-17-26(30(38)33-25-12-14-35(20-25)18-21-8-5-4-6-9-21)34-29(28(23)27(36)13-15-37)22-10-7-11-24(32)16-22/h4-11,16-17,25,27,37H,12-15,18-20H2,1-3H3,(H,33,38)/t25-,27-,40-/m0/s1. The van der Waals surface area contributed by atoms with Gasteiger partial charge in [0, 0.05) is 59.2 Å². The van der Waals surface area contributed by atoms with Crippen LogP contribution in [0.1, 0.15) is 66.8 Å². The maximum atomic E-state index is 13.6. The summed E-state index contributed by atoms with van der Waals surface area (Å²) in [6.45, 7) is 8.85. The van der Waals surface area contributed by atoms with E-state index in [9.17, 15) is 14.5 Å². The van der Waals surface area contributed by atoms with Gasteiger partial charge in [0.05, 0.1) is 18.3 Å². The van der Waals surface area contributed by atoms with Gasteiger partial charge in [0.25, 0.3) is 5.91 Å². The molecular formula is C31H37BrN4O3S. The van der Waals surface area contributed by atoms with Crippen LogP contribution in [-0.2, 0) is 24.5 Å². The minimum Gasteiger partial charge on any atom is -0.597 e. The number of likely N-dealkylation sites (tertiary alicyclic amines) is 1. The molecule has 5 rings (SSSR count). The third kappa shape index (κ3) is 6.45. The zero-order valence-electron chi connectivity index (χ0n) is 23.3. The molecule has 3 heterocycles. The highest BCUT2D eigenvalue weighted by Gasteiger charge is 2.45. The third-order valence-electron chi connectivity index (χ3n) is 7.48. The molecule has 0 unspecified atom stereocenters. The first-order valence-corrected chi connectivity index (χ1v) is 15.7. The number of halogens is 1. The van der Waals surface area contributed by atoms with E-state index < -0.39 is 16.1 Å². The second-order valence-corrected chi connectivity index (χ2v) is 14.7. The third-order valence-corrected chi connectivity index (χ3v) is 9.83. The summed E-state index contributed by atoms with van der Waals surface area (Å²) in [5.41, 5.74) is 5.08. The fraction of sp³-hybridized carbons (Fsp3) is 0.419. The van der Waals surface area contributed by atoms with E-state index in [1.807, 2.05) is 61.5 Å². The topological polar surface area (TPSA) is 91.8 Å². The number of hydrogen-bond acceptors (Lipinski definition) is 6. The lowest BCUT2D eigenvalue weighted by atomic mass is 9.96. The Bertz CT molecular complexity index is 1350. The van der Waals surface area contributed by atoms with Crippen molar-refractivity contribution in [3.05, 3.63) is 87.5 Å². The van der Waals surface area contributed by atoms with E-state index in [2.05, 4.69) is 50.4 Å². The van der Waals surface area contributed by atoms with Gasteiger partial charge in [0.15, 0.2) is 0 Å². The highest BCUT2D eigenvalue weighted by atomic mass is 79.9. The van der Waals surface area contributed by atoms with Crippen LogP contribution in [0.25, 0.3) is 11.3 Å². The summed E-state index contributed by atoms with van der Waals surface area (Å²) >= 11 is 2.27. The van der Waals surface area contributed by atoms with E-state index in [0.717, 1.165) is 47.2 Å². The summed E-state index contributed by atoms with van der Waals surface area (Å²) in [5, 5.41) is 13.2. The Kier molecular flexibility index (Phi) is 8.99. The molecule has 40 heavy (non-hydrogen) atoms. The maximum Gasteiger partial charge on any atom is 0.270 e. The number of amides is 1. The first-order valence-electron chi connectivity index (χ1n) is 13.8. The van der Waals surface area contributed by atoms with Crippen LogP contribution >= 0.6 is 15.9 Å². The Hall–Kier alpha value is -2.27. The van der Waals surface area contributed by atoms with Gasteiger partial charge in [0.1, 0.15) is 10.4 Å². The number of carbonyl (C=O) groups is 1. The van der Waals surface area contributed by atoms with E-state index in [4.69, 9.17) is 4.98 Å². The van der Waals surface area contributed by atoms with E-state index in [-0.39, 0.29) is 24.6 Å². The summed E-state index contributed by atoms with van der Waals surface area (Å²) in [6, 6.07) is 19.9. The minimum absolute atomic E-state index is 0.0384. The van der Waals surface area contributed by atoms with Gasteiger partial charge in [-0.15, -0.1) is 4.31 Å². The zero-order valence-corrected chi connectivity index (χ0v) is 25.7. The van der Waals surface area contributed by atoms with E-state index in [1.54, 1.807) is 0 Å². The average molecular weight is 626 g/mol. The van der Waals surface area contributed by atoms with Gasteiger partial charge in [-0.2, -0.15) is 0 Å². The maximum absolute atomic E-state index is 13.6. The summed E-state index contributed by atoms with van der Waals surface area (Å²) in [4.78, 5) is 20.9. The number of aliphatic hydroxyl groups is 1. The van der Waals surface area contributed by atoms with Crippen LogP contribution in [0, 0.1) is 0 Å². The molecule has 3 atom stereocenters. The molecule has 7 nitrogen and oxygen atoms in total. The number of pyridine rings is 1. The fourth-order valence-corrected chi connectivity index (χ4v) is 7.44. The average Bonchev–Trinajstić information content (AvgIpc) is 3.52. The van der Waals surface area contributed by atoms with Crippen molar-refractivity contribution in [3.63, 3.8) is 0 Å². The monoisotopic (exact) mass is 624 g/mol. The van der Waals surface area contributed by atoms with Gasteiger partial charge < -0.3 is 15.0 Å². The molecule has 9 heteroatoms. The number of benzene rings is 2. The summed E-state index contributed by atoms with van der Waals surface area (Å²) in [7, 11) is 0. The molecule has 2 aromatic carbocycles. The second kappa shape index (κ2) is 12.3. The molecular weight excluding hydrogens is 588 g/mol. The van der Waals surface area contributed by atoms with Crippen molar-refractivity contribution in [1.29, 1.82) is 0 Å². The van der Waals surface area contributed by atoms with Crippen LogP contribution in [0.4, 0.5) is 0 Å². The van der Waals surface area contributed by atoms with Crippen molar-refractivity contribution in [2.75, 3.05) is 19.7 Å². The van der Waals surface area contributed by atoms with Crippen molar-refractivity contribution >= 4 is 33.2 Å². The number of nitrogens with zero attached hydrogens (tertiary/aromatic N) is 3. The number of aliphatic hydroxyl groups excluding tert-OH is 1. The Morgan fingerprint density at radius 2 is 1.95 bits per heavy atom. The SMILES string of the molecule is CC(C)(C)[S@+]([O-])N1Cc2cc(C(=O)N[C@H]3CCN(Cc4ccccc4)C3)nc(-c3cccc(Br)c3)c2[C@@H]1CCO. The normalized spacial score (nSPS) is 20.4. The lowest BCUT2D eigenvalue weighted by molar-refractivity contribution is 0.0932. The van der Waals surface area contributed by atoms with E-state index >= 15 is 0 Å². The minimum atomic E-state index is -1.30. The van der Waals surface area contributed by atoms with Gasteiger partial charge in [-0.1, -0.05) is 58.4 Å². The molecule has 0 saturated carbocycles. The van der Waals surface area contributed by atoms with E-state index in [0.29, 0.717) is 24.4 Å². The number of rotatable bonds is 8. The fourth-order valence-electron chi connectivity index (χ4n) is 5.64. The lowest BCUT2D eigenvalue weighted by Crippen LogP contribution is -2.42. The molecule has 2 aliphatic heterocycles. The molecule has 1 fully saturated rings. The molecule has 0 spiro atoms. The predicted octanol–water partition coefficient (Wildman–Crippen LogP) is 5.22. The lowest BCUT2D eigenvalue weighted by Gasteiger charge is -2.33. The molecule has 2 aliphatic rings. The predicted molar refractivity (Wildman–Crippen MR) is 163 cm³/mol. The summed E-state index contributed by atoms with van der Waals surface area (Å²) in [6.07, 6.45) is 1.32. The number of carbonyl (C=O) groups excluding carboxylic acids is 1. The number of nitrogens with one attached hydrogen (secondary N) is 1. The second-order valence-electron chi connectivity index (χ2n) is 11.6. The largest absolute Gasteiger partial charge is 0.597 e. The van der Waals surface area contributed by atoms with Crippen molar-refractivity contribution in [2.24, 2.45) is 0 Å². The Balaban J connectivity index is 1.43. The Morgan fingerprint density at radius 3 is 2.65 bits per heavy atom. The zero-order chi connectivity index (χ0) is 28.4. The van der Waals surface area contributed by atoms with Crippen LogP contribution in [0.5, 0.6) is 0 Å². The first kappa shape index (κ1) is 29.2. The number of hydrogen-bond donors (Lipinski definition) is 2. The van der Waals surface area contributed by atoms with Gasteiger partial charge in [-0.3, -0.25) is 9.69 Å². The van der Waals surface area contributed by atoms with Crippen molar-refractivity contribution in [2.45, 2.75) is 63.5 Å². The van der Waals surface area contributed by atoms with Crippen molar-refractivity contribution in [1.82, 2.24) is 19.5 Å². The molecule has 2 N–H and O–H groups in total. The highest BCUT2D eigenvalue weighted by Crippen LogP contribution is 2.45. The van der Waals surface area contributed by atoms with Crippen LogP contribution in [0.3, 0.4) is 0 Å². The van der Waals surface area contributed by atoms with Crippen LogP contribution in [-0.4, -0.2) is 60.2 Å². The van der Waals surface area contributed by atoms with Crippen LogP contribution in [0.15, 0.2) is 65.1 Å². The molecule has 1 saturated heterocycles. The molecule has 3 aromatic rings. The smallest absolute Gasteiger partial charge is 0.270 e.